The first-order valence-electron chi connectivity index (χ1n) is 8.25. The number of thioether (sulfide) groups is 1. The van der Waals surface area contributed by atoms with Gasteiger partial charge in [0.2, 0.25) is 5.88 Å². The van der Waals surface area contributed by atoms with Gasteiger partial charge >= 0.3 is 0 Å². The Bertz CT molecular complexity index is 1020. The molecule has 1 aliphatic heterocycles. The summed E-state index contributed by atoms with van der Waals surface area (Å²) >= 11 is 0.854. The minimum atomic E-state index is -0.553. The third-order valence-corrected chi connectivity index (χ3v) is 4.72. The van der Waals surface area contributed by atoms with Crippen LogP contribution in [0.15, 0.2) is 54.1 Å². The molecule has 0 bridgehead atoms. The lowest BCUT2D eigenvalue weighted by Crippen LogP contribution is -2.27. The molecule has 9 nitrogen and oxygen atoms in total. The number of amides is 2. The van der Waals surface area contributed by atoms with Gasteiger partial charge < -0.3 is 9.47 Å². The van der Waals surface area contributed by atoms with Gasteiger partial charge in [-0.2, -0.15) is 0 Å². The van der Waals surface area contributed by atoms with E-state index in [1.54, 1.807) is 24.3 Å². The highest BCUT2D eigenvalue weighted by Crippen LogP contribution is 2.35. The average Bonchev–Trinajstić information content (AvgIpc) is 2.97. The quantitative estimate of drug-likeness (QED) is 0.290. The topological polar surface area (TPSA) is 112 Å². The molecule has 1 fully saturated rings. The number of aromatic nitrogens is 1. The standard InChI is InChI=1S/C19H15N3O6S/c1-3-8-21-18(23)16(29-19(21)24)10-12-4-6-14(15(9-12)27-2)28-17-7-5-13(11-20-17)22(25)26/h3-7,9-11H,1,8H2,2H3/b16-10+. The van der Waals surface area contributed by atoms with Crippen molar-refractivity contribution in [2.24, 2.45) is 0 Å². The summed E-state index contributed by atoms with van der Waals surface area (Å²) in [5.74, 6) is 0.483. The molecule has 148 valence electrons. The molecule has 29 heavy (non-hydrogen) atoms. The Kier molecular flexibility index (Phi) is 5.93. The van der Waals surface area contributed by atoms with E-state index >= 15 is 0 Å². The Morgan fingerprint density at radius 2 is 2.07 bits per heavy atom. The number of carbonyl (C=O) groups excluding carboxylic acids is 2. The molecule has 0 saturated carbocycles. The summed E-state index contributed by atoms with van der Waals surface area (Å²) in [5, 5.41) is 10.3. The number of rotatable bonds is 7. The van der Waals surface area contributed by atoms with Crippen molar-refractivity contribution in [1.82, 2.24) is 9.88 Å². The number of nitro groups is 1. The highest BCUT2D eigenvalue weighted by molar-refractivity contribution is 8.18. The van der Waals surface area contributed by atoms with Crippen molar-refractivity contribution in [1.29, 1.82) is 0 Å². The van der Waals surface area contributed by atoms with E-state index < -0.39 is 4.92 Å². The maximum atomic E-state index is 12.3. The molecule has 2 amide bonds. The van der Waals surface area contributed by atoms with Crippen LogP contribution in [0.1, 0.15) is 5.56 Å². The fourth-order valence-electron chi connectivity index (χ4n) is 2.45. The first-order valence-corrected chi connectivity index (χ1v) is 9.07. The molecule has 1 saturated heterocycles. The van der Waals surface area contributed by atoms with Crippen LogP contribution in [0.3, 0.4) is 0 Å². The molecule has 1 aromatic heterocycles. The van der Waals surface area contributed by atoms with Gasteiger partial charge in [0.1, 0.15) is 6.20 Å². The molecule has 2 aromatic rings. The van der Waals surface area contributed by atoms with Crippen molar-refractivity contribution in [2.75, 3.05) is 13.7 Å². The summed E-state index contributed by atoms with van der Waals surface area (Å²) in [4.78, 5) is 39.6. The van der Waals surface area contributed by atoms with Crippen LogP contribution in [0.2, 0.25) is 0 Å². The van der Waals surface area contributed by atoms with E-state index in [0.29, 0.717) is 22.0 Å². The predicted molar refractivity (Wildman–Crippen MR) is 107 cm³/mol. The van der Waals surface area contributed by atoms with E-state index in [9.17, 15) is 19.7 Å². The third kappa shape index (κ3) is 4.43. The minimum Gasteiger partial charge on any atom is -0.493 e. The summed E-state index contributed by atoms with van der Waals surface area (Å²) in [6.45, 7) is 3.69. The molecule has 2 heterocycles. The molecular formula is C19H15N3O6S. The third-order valence-electron chi connectivity index (χ3n) is 3.82. The Balaban J connectivity index is 1.82. The van der Waals surface area contributed by atoms with Gasteiger partial charge in [-0.1, -0.05) is 12.1 Å². The first kappa shape index (κ1) is 20.1. The van der Waals surface area contributed by atoms with Gasteiger partial charge in [-0.15, -0.1) is 6.58 Å². The second-order valence-electron chi connectivity index (χ2n) is 5.71. The molecule has 1 aromatic carbocycles. The van der Waals surface area contributed by atoms with Crippen molar-refractivity contribution in [2.45, 2.75) is 0 Å². The lowest BCUT2D eigenvalue weighted by molar-refractivity contribution is -0.385. The van der Waals surface area contributed by atoms with Crippen molar-refractivity contribution < 1.29 is 24.0 Å². The lowest BCUT2D eigenvalue weighted by Gasteiger charge is -2.10. The van der Waals surface area contributed by atoms with Crippen molar-refractivity contribution >= 4 is 34.7 Å². The second kappa shape index (κ2) is 8.57. The number of imide groups is 1. The number of benzene rings is 1. The zero-order valence-corrected chi connectivity index (χ0v) is 16.0. The summed E-state index contributed by atoms with van der Waals surface area (Å²) in [6, 6.07) is 7.60. The highest BCUT2D eigenvalue weighted by Gasteiger charge is 2.34. The van der Waals surface area contributed by atoms with Crippen molar-refractivity contribution in [3.05, 3.63) is 69.8 Å². The predicted octanol–water partition coefficient (Wildman–Crippen LogP) is 4.01. The van der Waals surface area contributed by atoms with Crippen molar-refractivity contribution in [3.8, 4) is 17.4 Å². The molecule has 0 aliphatic carbocycles. The zero-order chi connectivity index (χ0) is 21.0. The van der Waals surface area contributed by atoms with Gasteiger partial charge in [0.15, 0.2) is 11.5 Å². The van der Waals surface area contributed by atoms with E-state index in [0.717, 1.165) is 22.9 Å². The summed E-state index contributed by atoms with van der Waals surface area (Å²) in [7, 11) is 1.45. The zero-order valence-electron chi connectivity index (χ0n) is 15.2. The van der Waals surface area contributed by atoms with Crippen LogP contribution in [0.5, 0.6) is 17.4 Å². The maximum absolute atomic E-state index is 12.3. The van der Waals surface area contributed by atoms with E-state index in [1.807, 2.05) is 0 Å². The van der Waals surface area contributed by atoms with Crippen LogP contribution in [0.25, 0.3) is 6.08 Å². The average molecular weight is 413 g/mol. The Morgan fingerprint density at radius 1 is 1.28 bits per heavy atom. The fourth-order valence-corrected chi connectivity index (χ4v) is 3.30. The first-order chi connectivity index (χ1) is 13.9. The lowest BCUT2D eigenvalue weighted by atomic mass is 10.2. The van der Waals surface area contributed by atoms with Gasteiger partial charge in [-0.3, -0.25) is 24.6 Å². The molecule has 0 N–H and O–H groups in total. The van der Waals surface area contributed by atoms with Crippen LogP contribution in [-0.2, 0) is 4.79 Å². The van der Waals surface area contributed by atoms with Crippen LogP contribution in [-0.4, -0.2) is 39.6 Å². The molecule has 0 atom stereocenters. The summed E-state index contributed by atoms with van der Waals surface area (Å²) in [6.07, 6.45) is 4.17. The van der Waals surface area contributed by atoms with Gasteiger partial charge in [-0.25, -0.2) is 4.98 Å². The van der Waals surface area contributed by atoms with Crippen LogP contribution in [0.4, 0.5) is 10.5 Å². The normalized spacial score (nSPS) is 14.9. The fraction of sp³-hybridized carbons (Fsp3) is 0.105. The molecule has 3 rings (SSSR count). The molecule has 0 spiro atoms. The second-order valence-corrected chi connectivity index (χ2v) is 6.70. The van der Waals surface area contributed by atoms with E-state index in [2.05, 4.69) is 11.6 Å². The molecule has 0 unspecified atom stereocenters. The van der Waals surface area contributed by atoms with Crippen molar-refractivity contribution in [3.63, 3.8) is 0 Å². The van der Waals surface area contributed by atoms with E-state index in [1.165, 1.54) is 25.3 Å². The van der Waals surface area contributed by atoms with Gasteiger partial charge in [0.25, 0.3) is 16.8 Å². The summed E-state index contributed by atoms with van der Waals surface area (Å²) in [5.41, 5.74) is 0.486. The van der Waals surface area contributed by atoms with Gasteiger partial charge in [0, 0.05) is 18.7 Å². The van der Waals surface area contributed by atoms with E-state index in [-0.39, 0.29) is 29.3 Å². The number of pyridine rings is 1. The Hall–Kier alpha value is -3.66. The SMILES string of the molecule is C=CCN1C(=O)S/C(=C/c2ccc(Oc3ccc([N+](=O)[O-])cn3)c(OC)c2)C1=O. The highest BCUT2D eigenvalue weighted by atomic mass is 32.2. The van der Waals surface area contributed by atoms with Gasteiger partial charge in [0.05, 0.1) is 16.9 Å². The monoisotopic (exact) mass is 413 g/mol. The maximum Gasteiger partial charge on any atom is 0.293 e. The number of hydrogen-bond donors (Lipinski definition) is 0. The molecular weight excluding hydrogens is 398 g/mol. The van der Waals surface area contributed by atoms with Crippen LogP contribution < -0.4 is 9.47 Å². The Morgan fingerprint density at radius 3 is 2.69 bits per heavy atom. The summed E-state index contributed by atoms with van der Waals surface area (Å²) < 4.78 is 10.9. The number of carbonyl (C=O) groups is 2. The number of methoxy groups -OCH3 is 1. The molecule has 10 heteroatoms. The number of ether oxygens (including phenoxy) is 2. The smallest absolute Gasteiger partial charge is 0.293 e. The minimum absolute atomic E-state index is 0.148. The molecule has 1 aliphatic rings. The largest absolute Gasteiger partial charge is 0.493 e. The number of hydrogen-bond acceptors (Lipinski definition) is 8. The molecule has 0 radical (unpaired) electrons. The van der Waals surface area contributed by atoms with Gasteiger partial charge in [-0.05, 0) is 35.5 Å². The van der Waals surface area contributed by atoms with Crippen LogP contribution in [0, 0.1) is 10.1 Å². The number of nitrogens with zero attached hydrogens (tertiary/aromatic N) is 3. The van der Waals surface area contributed by atoms with Crippen LogP contribution >= 0.6 is 11.8 Å². The van der Waals surface area contributed by atoms with E-state index in [4.69, 9.17) is 9.47 Å². The Labute approximate surface area is 169 Å².